The summed E-state index contributed by atoms with van der Waals surface area (Å²) in [5, 5.41) is 3.66. The van der Waals surface area contributed by atoms with E-state index in [1.807, 2.05) is 22.7 Å². The molecule has 2 atom stereocenters. The van der Waals surface area contributed by atoms with E-state index in [-0.39, 0.29) is 0 Å². The van der Waals surface area contributed by atoms with E-state index in [0.29, 0.717) is 0 Å². The van der Waals surface area contributed by atoms with E-state index in [9.17, 15) is 0 Å². The van der Waals surface area contributed by atoms with Crippen LogP contribution in [0.5, 0.6) is 0 Å². The highest BCUT2D eigenvalue weighted by molar-refractivity contribution is 7.23. The number of thiophene rings is 2. The Labute approximate surface area is 175 Å². The molecule has 152 valence electrons. The van der Waals surface area contributed by atoms with Gasteiger partial charge in [0.25, 0.3) is 0 Å². The SMILES string of the molecule is CCCCC(CC)CN(CC(CC)CCCC)c1ccc(-c2cccs2)s1. The minimum absolute atomic E-state index is 0.820. The van der Waals surface area contributed by atoms with Crippen molar-refractivity contribution in [2.24, 2.45) is 11.8 Å². The van der Waals surface area contributed by atoms with Gasteiger partial charge in [0.05, 0.1) is 5.00 Å². The molecule has 2 heterocycles. The Kier molecular flexibility index (Phi) is 10.5. The van der Waals surface area contributed by atoms with Crippen LogP contribution in [0, 0.1) is 11.8 Å². The summed E-state index contributed by atoms with van der Waals surface area (Å²) in [6.07, 6.45) is 10.7. The van der Waals surface area contributed by atoms with Crippen LogP contribution in [0.15, 0.2) is 29.6 Å². The Hall–Kier alpha value is -0.800. The maximum absolute atomic E-state index is 2.73. The third-order valence-electron chi connectivity index (χ3n) is 5.71. The second-order valence-corrected chi connectivity index (χ2v) is 9.86. The van der Waals surface area contributed by atoms with Crippen LogP contribution in [0.25, 0.3) is 9.75 Å². The van der Waals surface area contributed by atoms with Gasteiger partial charge in [-0.1, -0.05) is 72.3 Å². The van der Waals surface area contributed by atoms with Crippen LogP contribution in [-0.2, 0) is 0 Å². The zero-order chi connectivity index (χ0) is 19.5. The van der Waals surface area contributed by atoms with Gasteiger partial charge in [-0.25, -0.2) is 0 Å². The molecule has 0 fully saturated rings. The molecule has 0 bridgehead atoms. The Morgan fingerprint density at radius 3 is 1.93 bits per heavy atom. The molecule has 0 aromatic carbocycles. The van der Waals surface area contributed by atoms with Gasteiger partial charge >= 0.3 is 0 Å². The maximum Gasteiger partial charge on any atom is 0.0915 e. The molecule has 0 N–H and O–H groups in total. The highest BCUT2D eigenvalue weighted by Gasteiger charge is 2.19. The summed E-state index contributed by atoms with van der Waals surface area (Å²) in [6, 6.07) is 9.11. The minimum Gasteiger partial charge on any atom is -0.363 e. The first-order valence-corrected chi connectivity index (χ1v) is 12.8. The first kappa shape index (κ1) is 22.5. The van der Waals surface area contributed by atoms with Gasteiger partial charge in [0.15, 0.2) is 0 Å². The topological polar surface area (TPSA) is 3.24 Å². The van der Waals surface area contributed by atoms with Crippen molar-refractivity contribution >= 4 is 27.7 Å². The van der Waals surface area contributed by atoms with E-state index in [4.69, 9.17) is 0 Å². The highest BCUT2D eigenvalue weighted by Crippen LogP contribution is 2.37. The lowest BCUT2D eigenvalue weighted by Gasteiger charge is -2.31. The smallest absolute Gasteiger partial charge is 0.0915 e. The van der Waals surface area contributed by atoms with Crippen molar-refractivity contribution in [1.29, 1.82) is 0 Å². The Balaban J connectivity index is 2.14. The number of unbranched alkanes of at least 4 members (excludes halogenated alkanes) is 2. The Bertz CT molecular complexity index is 584. The van der Waals surface area contributed by atoms with Gasteiger partial charge in [0, 0.05) is 22.8 Å². The van der Waals surface area contributed by atoms with E-state index in [1.165, 1.54) is 79.2 Å². The minimum atomic E-state index is 0.820. The number of hydrogen-bond acceptors (Lipinski definition) is 3. The quantitative estimate of drug-likeness (QED) is 0.304. The summed E-state index contributed by atoms with van der Waals surface area (Å²) in [5.41, 5.74) is 0. The summed E-state index contributed by atoms with van der Waals surface area (Å²) >= 11 is 3.84. The van der Waals surface area contributed by atoms with Crippen molar-refractivity contribution in [3.63, 3.8) is 0 Å². The van der Waals surface area contributed by atoms with Crippen molar-refractivity contribution in [1.82, 2.24) is 0 Å². The molecule has 2 aromatic heterocycles. The van der Waals surface area contributed by atoms with Crippen LogP contribution in [0.3, 0.4) is 0 Å². The molecule has 2 unspecified atom stereocenters. The molecule has 3 heteroatoms. The summed E-state index contributed by atoms with van der Waals surface area (Å²) in [5.74, 6) is 1.64. The molecule has 0 spiro atoms. The molecule has 2 aromatic rings. The van der Waals surface area contributed by atoms with Gasteiger partial charge in [0.2, 0.25) is 0 Å². The predicted octanol–water partition coefficient (Wildman–Crippen LogP) is 8.72. The predicted molar refractivity (Wildman–Crippen MR) is 126 cm³/mol. The molecule has 27 heavy (non-hydrogen) atoms. The van der Waals surface area contributed by atoms with Crippen molar-refractivity contribution in [2.75, 3.05) is 18.0 Å². The second kappa shape index (κ2) is 12.6. The van der Waals surface area contributed by atoms with E-state index in [0.717, 1.165) is 11.8 Å². The molecule has 0 aliphatic rings. The normalized spacial score (nSPS) is 13.6. The number of hydrogen-bond donors (Lipinski definition) is 0. The standard InChI is InChI=1S/C24H39NS2/c1-5-9-12-20(7-3)18-25(19-21(8-4)13-10-6-2)24-16-15-23(27-24)22-14-11-17-26-22/h11,14-17,20-21H,5-10,12-13,18-19H2,1-4H3. The third kappa shape index (κ3) is 7.27. The Morgan fingerprint density at radius 1 is 0.815 bits per heavy atom. The molecule has 0 radical (unpaired) electrons. The van der Waals surface area contributed by atoms with Crippen LogP contribution in [-0.4, -0.2) is 13.1 Å². The lowest BCUT2D eigenvalue weighted by molar-refractivity contribution is 0.404. The van der Waals surface area contributed by atoms with Crippen molar-refractivity contribution in [3.8, 4) is 9.75 Å². The summed E-state index contributed by atoms with van der Waals surface area (Å²) in [6.45, 7) is 11.8. The average Bonchev–Trinajstić information content (AvgIpc) is 3.38. The van der Waals surface area contributed by atoms with Gasteiger partial charge < -0.3 is 4.90 Å². The van der Waals surface area contributed by atoms with Gasteiger partial charge in [-0.3, -0.25) is 0 Å². The summed E-state index contributed by atoms with van der Waals surface area (Å²) in [4.78, 5) is 5.56. The van der Waals surface area contributed by atoms with Gasteiger partial charge in [-0.2, -0.15) is 0 Å². The highest BCUT2D eigenvalue weighted by atomic mass is 32.1. The largest absolute Gasteiger partial charge is 0.363 e. The van der Waals surface area contributed by atoms with Crippen molar-refractivity contribution in [3.05, 3.63) is 29.6 Å². The van der Waals surface area contributed by atoms with Crippen molar-refractivity contribution in [2.45, 2.75) is 79.1 Å². The van der Waals surface area contributed by atoms with E-state index in [2.05, 4.69) is 62.2 Å². The number of nitrogens with zero attached hydrogens (tertiary/aromatic N) is 1. The van der Waals surface area contributed by atoms with E-state index in [1.54, 1.807) is 0 Å². The fraction of sp³-hybridized carbons (Fsp3) is 0.667. The van der Waals surface area contributed by atoms with Crippen LogP contribution < -0.4 is 4.90 Å². The summed E-state index contributed by atoms with van der Waals surface area (Å²) in [7, 11) is 0. The first-order valence-electron chi connectivity index (χ1n) is 11.1. The lowest BCUT2D eigenvalue weighted by Crippen LogP contribution is -2.33. The molecule has 0 saturated carbocycles. The zero-order valence-corrected chi connectivity index (χ0v) is 19.5. The van der Waals surface area contributed by atoms with Crippen molar-refractivity contribution < 1.29 is 0 Å². The number of anilines is 1. The van der Waals surface area contributed by atoms with Crippen LogP contribution in [0.2, 0.25) is 0 Å². The lowest BCUT2D eigenvalue weighted by atomic mass is 9.96. The fourth-order valence-corrected chi connectivity index (χ4v) is 5.62. The van der Waals surface area contributed by atoms with Crippen LogP contribution in [0.1, 0.15) is 79.1 Å². The van der Waals surface area contributed by atoms with Gasteiger partial charge in [-0.05, 0) is 48.3 Å². The van der Waals surface area contributed by atoms with E-state index >= 15 is 0 Å². The third-order valence-corrected chi connectivity index (χ3v) is 7.92. The van der Waals surface area contributed by atoms with Crippen LogP contribution >= 0.6 is 22.7 Å². The average molecular weight is 406 g/mol. The maximum atomic E-state index is 2.73. The first-order chi connectivity index (χ1) is 13.2. The summed E-state index contributed by atoms with van der Waals surface area (Å²) < 4.78 is 0. The zero-order valence-electron chi connectivity index (χ0n) is 17.9. The Morgan fingerprint density at radius 2 is 1.44 bits per heavy atom. The molecule has 0 saturated heterocycles. The molecular weight excluding hydrogens is 366 g/mol. The molecular formula is C24H39NS2. The molecule has 2 rings (SSSR count). The van der Waals surface area contributed by atoms with Gasteiger partial charge in [0.1, 0.15) is 0 Å². The van der Waals surface area contributed by atoms with Gasteiger partial charge in [-0.15, -0.1) is 22.7 Å². The van der Waals surface area contributed by atoms with E-state index < -0.39 is 0 Å². The fourth-order valence-electron chi connectivity index (χ4n) is 3.76. The number of rotatable bonds is 14. The molecule has 0 aliphatic heterocycles. The molecule has 0 aliphatic carbocycles. The molecule has 1 nitrogen and oxygen atoms in total. The monoisotopic (exact) mass is 405 g/mol. The second-order valence-electron chi connectivity index (χ2n) is 7.85. The van der Waals surface area contributed by atoms with Crippen LogP contribution in [0.4, 0.5) is 5.00 Å². The molecule has 0 amide bonds.